The highest BCUT2D eigenvalue weighted by atomic mass is 16.2. The fourth-order valence-corrected chi connectivity index (χ4v) is 2.47. The summed E-state index contributed by atoms with van der Waals surface area (Å²) in [7, 11) is 0. The molecule has 0 unspecified atom stereocenters. The Labute approximate surface area is 146 Å². The molecule has 130 valence electrons. The van der Waals surface area contributed by atoms with Crippen molar-refractivity contribution in [2.24, 2.45) is 0 Å². The van der Waals surface area contributed by atoms with Crippen LogP contribution in [-0.2, 0) is 9.59 Å². The van der Waals surface area contributed by atoms with Gasteiger partial charge in [0.2, 0.25) is 5.91 Å². The average Bonchev–Trinajstić information content (AvgIpc) is 2.60. The first-order valence-electron chi connectivity index (χ1n) is 7.94. The summed E-state index contributed by atoms with van der Waals surface area (Å²) < 4.78 is 0. The van der Waals surface area contributed by atoms with Gasteiger partial charge in [0.1, 0.15) is 11.6 Å². The number of nitriles is 1. The fraction of sp³-hybridized carbons (Fsp3) is 0.333. The highest BCUT2D eigenvalue weighted by molar-refractivity contribution is 6.06. The van der Waals surface area contributed by atoms with E-state index in [1.807, 2.05) is 11.0 Å². The second-order valence-electron chi connectivity index (χ2n) is 5.78. The quantitative estimate of drug-likeness (QED) is 0.508. The Hall–Kier alpha value is -3.14. The first-order chi connectivity index (χ1) is 11.9. The number of nitrogens with zero attached hydrogens (tertiary/aromatic N) is 3. The largest absolute Gasteiger partial charge is 0.373 e. The number of amides is 2. The number of carbonyl (C=O) groups is 3. The van der Waals surface area contributed by atoms with Crippen LogP contribution in [0.4, 0.5) is 5.69 Å². The lowest BCUT2D eigenvalue weighted by atomic mass is 10.1. The first kappa shape index (κ1) is 18.2. The van der Waals surface area contributed by atoms with Crippen molar-refractivity contribution in [1.29, 1.82) is 5.26 Å². The molecule has 1 fully saturated rings. The molecule has 1 saturated heterocycles. The van der Waals surface area contributed by atoms with Gasteiger partial charge in [0.05, 0.1) is 0 Å². The summed E-state index contributed by atoms with van der Waals surface area (Å²) in [6.45, 7) is 5.28. The number of Topliss-reactive ketones (excluding diaryl/α,β-unsaturated/α-hetero) is 1. The third-order valence-electron chi connectivity index (χ3n) is 3.99. The number of hydrogen-bond donors (Lipinski definition) is 1. The van der Waals surface area contributed by atoms with Crippen molar-refractivity contribution in [2.75, 3.05) is 31.5 Å². The minimum atomic E-state index is -0.507. The highest BCUT2D eigenvalue weighted by Crippen LogP contribution is 2.12. The van der Waals surface area contributed by atoms with E-state index in [1.165, 1.54) is 20.0 Å². The number of piperazine rings is 1. The third-order valence-corrected chi connectivity index (χ3v) is 3.99. The minimum absolute atomic E-state index is 0.00748. The smallest absolute Gasteiger partial charge is 0.267 e. The Bertz CT molecular complexity index is 739. The molecule has 1 N–H and O–H groups in total. The van der Waals surface area contributed by atoms with E-state index in [-0.39, 0.29) is 17.3 Å². The molecule has 0 aliphatic carbocycles. The van der Waals surface area contributed by atoms with Crippen LogP contribution in [0, 0.1) is 11.3 Å². The molecular weight excluding hydrogens is 320 g/mol. The highest BCUT2D eigenvalue weighted by Gasteiger charge is 2.18. The predicted octanol–water partition coefficient (Wildman–Crippen LogP) is 1.40. The zero-order valence-electron chi connectivity index (χ0n) is 14.3. The van der Waals surface area contributed by atoms with Gasteiger partial charge >= 0.3 is 0 Å². The minimum Gasteiger partial charge on any atom is -0.373 e. The normalized spacial score (nSPS) is 14.7. The summed E-state index contributed by atoms with van der Waals surface area (Å²) in [5, 5.41) is 11.9. The first-order valence-corrected chi connectivity index (χ1v) is 7.94. The number of ketones is 1. The number of anilines is 1. The Morgan fingerprint density at radius 1 is 1.08 bits per heavy atom. The molecule has 0 radical (unpaired) electrons. The van der Waals surface area contributed by atoms with Gasteiger partial charge in [-0.3, -0.25) is 14.4 Å². The van der Waals surface area contributed by atoms with Crippen LogP contribution in [0.2, 0.25) is 0 Å². The number of carbonyl (C=O) groups excluding carboxylic acids is 3. The molecule has 1 aliphatic rings. The number of rotatable bonds is 4. The van der Waals surface area contributed by atoms with Crippen LogP contribution >= 0.6 is 0 Å². The maximum atomic E-state index is 12.2. The van der Waals surface area contributed by atoms with Crippen LogP contribution in [0.15, 0.2) is 36.0 Å². The van der Waals surface area contributed by atoms with Gasteiger partial charge in [-0.25, -0.2) is 0 Å². The summed E-state index contributed by atoms with van der Waals surface area (Å²) >= 11 is 0. The van der Waals surface area contributed by atoms with Crippen LogP contribution in [0.1, 0.15) is 24.2 Å². The molecule has 7 heteroatoms. The molecule has 2 rings (SSSR count). The Morgan fingerprint density at radius 3 is 2.16 bits per heavy atom. The van der Waals surface area contributed by atoms with Crippen LogP contribution in [-0.4, -0.2) is 53.6 Å². The van der Waals surface area contributed by atoms with Crippen molar-refractivity contribution in [1.82, 2.24) is 9.80 Å². The van der Waals surface area contributed by atoms with Gasteiger partial charge in [-0.15, -0.1) is 0 Å². The lowest BCUT2D eigenvalue weighted by Crippen LogP contribution is -2.46. The lowest BCUT2D eigenvalue weighted by Gasteiger charge is -2.33. The van der Waals surface area contributed by atoms with Crippen molar-refractivity contribution in [2.45, 2.75) is 13.8 Å². The van der Waals surface area contributed by atoms with Gasteiger partial charge in [-0.2, -0.15) is 5.26 Å². The lowest BCUT2D eigenvalue weighted by molar-refractivity contribution is -0.130. The zero-order valence-corrected chi connectivity index (χ0v) is 14.3. The third kappa shape index (κ3) is 4.91. The summed E-state index contributed by atoms with van der Waals surface area (Å²) in [5.41, 5.74) is 1.06. The van der Waals surface area contributed by atoms with Crippen LogP contribution < -0.4 is 5.32 Å². The number of hydrogen-bond acceptors (Lipinski definition) is 5. The molecule has 0 aromatic heterocycles. The SMILES string of the molecule is CC(=O)c1ccc(NC(=O)/C(C#N)=C\N2CCN(C(C)=O)CC2)cc1. The van der Waals surface area contributed by atoms with Gasteiger partial charge < -0.3 is 15.1 Å². The summed E-state index contributed by atoms with van der Waals surface area (Å²) in [6.07, 6.45) is 1.52. The maximum absolute atomic E-state index is 12.2. The fourth-order valence-electron chi connectivity index (χ4n) is 2.47. The second kappa shape index (κ2) is 8.11. The molecule has 1 aliphatic heterocycles. The van der Waals surface area contributed by atoms with Crippen molar-refractivity contribution < 1.29 is 14.4 Å². The molecule has 0 spiro atoms. The maximum Gasteiger partial charge on any atom is 0.267 e. The van der Waals surface area contributed by atoms with Crippen molar-refractivity contribution in [3.05, 3.63) is 41.6 Å². The van der Waals surface area contributed by atoms with Gasteiger partial charge in [0.25, 0.3) is 5.91 Å². The van der Waals surface area contributed by atoms with E-state index in [9.17, 15) is 19.6 Å². The van der Waals surface area contributed by atoms with Crippen molar-refractivity contribution in [3.8, 4) is 6.07 Å². The van der Waals surface area contributed by atoms with Gasteiger partial charge in [-0.05, 0) is 31.2 Å². The topological polar surface area (TPSA) is 93.5 Å². The van der Waals surface area contributed by atoms with Crippen LogP contribution in [0.25, 0.3) is 0 Å². The van der Waals surface area contributed by atoms with E-state index in [0.29, 0.717) is 37.4 Å². The molecule has 7 nitrogen and oxygen atoms in total. The van der Waals surface area contributed by atoms with Crippen LogP contribution in [0.5, 0.6) is 0 Å². The monoisotopic (exact) mass is 340 g/mol. The Kier molecular flexibility index (Phi) is 5.90. The molecular formula is C18H20N4O3. The van der Waals surface area contributed by atoms with Crippen LogP contribution in [0.3, 0.4) is 0 Å². The van der Waals surface area contributed by atoms with E-state index < -0.39 is 5.91 Å². The Morgan fingerprint density at radius 2 is 1.68 bits per heavy atom. The number of nitrogens with one attached hydrogen (secondary N) is 1. The van der Waals surface area contributed by atoms with E-state index in [1.54, 1.807) is 29.2 Å². The van der Waals surface area contributed by atoms with Gasteiger partial charge in [0.15, 0.2) is 5.78 Å². The van der Waals surface area contributed by atoms with Crippen molar-refractivity contribution >= 4 is 23.3 Å². The summed E-state index contributed by atoms with van der Waals surface area (Å²) in [5.74, 6) is -0.539. The molecule has 25 heavy (non-hydrogen) atoms. The van der Waals surface area contributed by atoms with E-state index >= 15 is 0 Å². The molecule has 1 heterocycles. The summed E-state index contributed by atoms with van der Waals surface area (Å²) in [4.78, 5) is 38.4. The van der Waals surface area contributed by atoms with E-state index in [4.69, 9.17) is 0 Å². The van der Waals surface area contributed by atoms with Crippen molar-refractivity contribution in [3.63, 3.8) is 0 Å². The molecule has 0 saturated carbocycles. The molecule has 1 aromatic carbocycles. The molecule has 1 aromatic rings. The van der Waals surface area contributed by atoms with Gasteiger partial charge in [0, 0.05) is 50.6 Å². The molecule has 0 atom stereocenters. The second-order valence-corrected chi connectivity index (χ2v) is 5.78. The summed E-state index contributed by atoms with van der Waals surface area (Å²) in [6, 6.07) is 8.39. The van der Waals surface area contributed by atoms with E-state index in [0.717, 1.165) is 0 Å². The molecule has 2 amide bonds. The zero-order chi connectivity index (χ0) is 18.4. The average molecular weight is 340 g/mol. The Balaban J connectivity index is 2.00. The molecule has 0 bridgehead atoms. The van der Waals surface area contributed by atoms with Gasteiger partial charge in [-0.1, -0.05) is 0 Å². The predicted molar refractivity (Wildman–Crippen MR) is 92.6 cm³/mol. The number of benzene rings is 1. The standard InChI is InChI=1S/C18H20N4O3/c1-13(23)15-3-5-17(6-4-15)20-18(25)16(11-19)12-21-7-9-22(10-8-21)14(2)24/h3-6,12H,7-10H2,1-2H3,(H,20,25)/b16-12-. The van der Waals surface area contributed by atoms with E-state index in [2.05, 4.69) is 5.32 Å².